The van der Waals surface area contributed by atoms with Crippen molar-refractivity contribution in [1.82, 2.24) is 9.47 Å². The van der Waals surface area contributed by atoms with Crippen LogP contribution in [-0.4, -0.2) is 34.6 Å². The fourth-order valence-corrected chi connectivity index (χ4v) is 3.41. The SMILES string of the molecule is Cc1cc(OC2CCN(C(=O)Cc3c(F)cccc3Cl)CC2)cc(=O)n1C. The number of aromatic nitrogens is 1. The van der Waals surface area contributed by atoms with Gasteiger partial charge in [0.2, 0.25) is 5.91 Å². The van der Waals surface area contributed by atoms with E-state index in [0.717, 1.165) is 5.69 Å². The zero-order valence-corrected chi connectivity index (χ0v) is 16.1. The van der Waals surface area contributed by atoms with Crippen molar-refractivity contribution in [2.24, 2.45) is 7.05 Å². The molecule has 0 bridgehead atoms. The molecule has 0 aliphatic carbocycles. The molecule has 2 heterocycles. The first-order valence-electron chi connectivity index (χ1n) is 8.90. The molecule has 1 amide bonds. The minimum atomic E-state index is -0.463. The molecule has 1 saturated heterocycles. The molecule has 1 aliphatic rings. The summed E-state index contributed by atoms with van der Waals surface area (Å²) in [6.45, 7) is 2.90. The Hall–Kier alpha value is -2.34. The third kappa shape index (κ3) is 4.50. The molecule has 0 spiro atoms. The number of likely N-dealkylation sites (tertiary alicyclic amines) is 1. The first kappa shape index (κ1) is 19.4. The molecule has 3 rings (SSSR count). The number of amides is 1. The Morgan fingerprint density at radius 3 is 2.63 bits per heavy atom. The van der Waals surface area contributed by atoms with Gasteiger partial charge in [-0.15, -0.1) is 0 Å². The van der Waals surface area contributed by atoms with Gasteiger partial charge in [0, 0.05) is 55.3 Å². The maximum absolute atomic E-state index is 13.9. The van der Waals surface area contributed by atoms with Crippen molar-refractivity contribution < 1.29 is 13.9 Å². The van der Waals surface area contributed by atoms with Gasteiger partial charge in [0.25, 0.3) is 5.56 Å². The van der Waals surface area contributed by atoms with Crippen molar-refractivity contribution >= 4 is 17.5 Å². The van der Waals surface area contributed by atoms with Crippen LogP contribution in [0.3, 0.4) is 0 Å². The molecule has 1 aliphatic heterocycles. The third-order valence-electron chi connectivity index (χ3n) is 4.96. The average Bonchev–Trinajstić information content (AvgIpc) is 2.63. The number of halogens is 2. The van der Waals surface area contributed by atoms with E-state index in [0.29, 0.717) is 31.7 Å². The third-order valence-corrected chi connectivity index (χ3v) is 5.32. The van der Waals surface area contributed by atoms with E-state index in [-0.39, 0.29) is 34.6 Å². The molecule has 7 heteroatoms. The molecular formula is C20H22ClFN2O3. The van der Waals surface area contributed by atoms with Gasteiger partial charge < -0.3 is 14.2 Å². The van der Waals surface area contributed by atoms with Crippen LogP contribution in [0.1, 0.15) is 24.1 Å². The largest absolute Gasteiger partial charge is 0.490 e. The average molecular weight is 393 g/mol. The molecule has 1 fully saturated rings. The van der Waals surface area contributed by atoms with E-state index in [1.165, 1.54) is 18.2 Å². The highest BCUT2D eigenvalue weighted by atomic mass is 35.5. The molecular weight excluding hydrogens is 371 g/mol. The van der Waals surface area contributed by atoms with Crippen LogP contribution in [0.25, 0.3) is 0 Å². The van der Waals surface area contributed by atoms with Crippen LogP contribution in [0.4, 0.5) is 4.39 Å². The second-order valence-corrected chi connectivity index (χ2v) is 7.21. The number of hydrogen-bond acceptors (Lipinski definition) is 3. The lowest BCUT2D eigenvalue weighted by Crippen LogP contribution is -2.42. The zero-order chi connectivity index (χ0) is 19.6. The van der Waals surface area contributed by atoms with E-state index < -0.39 is 5.82 Å². The summed E-state index contributed by atoms with van der Waals surface area (Å²) in [5, 5.41) is 0.266. The summed E-state index contributed by atoms with van der Waals surface area (Å²) >= 11 is 6.00. The molecule has 144 valence electrons. The minimum absolute atomic E-state index is 0.0506. The maximum Gasteiger partial charge on any atom is 0.254 e. The predicted molar refractivity (Wildman–Crippen MR) is 102 cm³/mol. The van der Waals surface area contributed by atoms with Crippen LogP contribution in [0.5, 0.6) is 5.75 Å². The minimum Gasteiger partial charge on any atom is -0.490 e. The summed E-state index contributed by atoms with van der Waals surface area (Å²) in [7, 11) is 1.72. The van der Waals surface area contributed by atoms with Crippen molar-refractivity contribution in [3.63, 3.8) is 0 Å². The van der Waals surface area contributed by atoms with E-state index in [1.807, 2.05) is 13.0 Å². The standard InChI is InChI=1S/C20H22ClFN2O3/c1-13-10-15(11-19(25)23(13)2)27-14-6-8-24(9-7-14)20(26)12-16-17(21)4-3-5-18(16)22/h3-5,10-11,14H,6-9,12H2,1-2H3. The number of piperidine rings is 1. The van der Waals surface area contributed by atoms with Gasteiger partial charge in [-0.2, -0.15) is 0 Å². The highest BCUT2D eigenvalue weighted by Crippen LogP contribution is 2.22. The Morgan fingerprint density at radius 2 is 2.00 bits per heavy atom. The maximum atomic E-state index is 13.9. The van der Waals surface area contributed by atoms with E-state index >= 15 is 0 Å². The lowest BCUT2D eigenvalue weighted by molar-refractivity contribution is -0.132. The van der Waals surface area contributed by atoms with E-state index in [2.05, 4.69) is 0 Å². The highest BCUT2D eigenvalue weighted by Gasteiger charge is 2.25. The second kappa shape index (κ2) is 8.13. The van der Waals surface area contributed by atoms with Crippen LogP contribution < -0.4 is 10.3 Å². The van der Waals surface area contributed by atoms with E-state index in [4.69, 9.17) is 16.3 Å². The van der Waals surface area contributed by atoms with Crippen LogP contribution in [0.2, 0.25) is 5.02 Å². The molecule has 27 heavy (non-hydrogen) atoms. The number of ether oxygens (including phenoxy) is 1. The zero-order valence-electron chi connectivity index (χ0n) is 15.4. The lowest BCUT2D eigenvalue weighted by Gasteiger charge is -2.32. The Bertz CT molecular complexity index is 884. The predicted octanol–water partition coefficient (Wildman–Crippen LogP) is 3.10. The smallest absolute Gasteiger partial charge is 0.254 e. The lowest BCUT2D eigenvalue weighted by atomic mass is 10.1. The van der Waals surface area contributed by atoms with Gasteiger partial charge in [-0.3, -0.25) is 9.59 Å². The van der Waals surface area contributed by atoms with Crippen molar-refractivity contribution in [2.45, 2.75) is 32.3 Å². The van der Waals surface area contributed by atoms with Gasteiger partial charge in [0.15, 0.2) is 0 Å². The molecule has 0 unspecified atom stereocenters. The first-order valence-corrected chi connectivity index (χ1v) is 9.28. The number of nitrogens with zero attached hydrogens (tertiary/aromatic N) is 2. The van der Waals surface area contributed by atoms with Gasteiger partial charge in [-0.05, 0) is 25.1 Å². The van der Waals surface area contributed by atoms with Gasteiger partial charge in [0.05, 0.1) is 6.42 Å². The topological polar surface area (TPSA) is 51.5 Å². The number of benzene rings is 1. The monoisotopic (exact) mass is 392 g/mol. The fourth-order valence-electron chi connectivity index (χ4n) is 3.18. The van der Waals surface area contributed by atoms with E-state index in [1.54, 1.807) is 22.6 Å². The van der Waals surface area contributed by atoms with Gasteiger partial charge in [0.1, 0.15) is 17.7 Å². The van der Waals surface area contributed by atoms with Crippen molar-refractivity contribution in [3.05, 3.63) is 62.8 Å². The number of pyridine rings is 1. The Kier molecular flexibility index (Phi) is 5.85. The fraction of sp³-hybridized carbons (Fsp3) is 0.400. The second-order valence-electron chi connectivity index (χ2n) is 6.80. The van der Waals surface area contributed by atoms with Crippen molar-refractivity contribution in [2.75, 3.05) is 13.1 Å². The number of carbonyl (C=O) groups is 1. The number of aryl methyl sites for hydroxylation is 1. The molecule has 5 nitrogen and oxygen atoms in total. The van der Waals surface area contributed by atoms with Gasteiger partial charge >= 0.3 is 0 Å². The van der Waals surface area contributed by atoms with Crippen LogP contribution in [0.15, 0.2) is 35.1 Å². The molecule has 0 N–H and O–H groups in total. The molecule has 0 saturated carbocycles. The summed E-state index contributed by atoms with van der Waals surface area (Å²) in [6, 6.07) is 7.72. The normalized spacial score (nSPS) is 15.0. The Balaban J connectivity index is 1.57. The number of rotatable bonds is 4. The first-order chi connectivity index (χ1) is 12.8. The summed E-state index contributed by atoms with van der Waals surface area (Å²) in [4.78, 5) is 26.0. The van der Waals surface area contributed by atoms with Crippen LogP contribution in [0, 0.1) is 12.7 Å². The molecule has 0 radical (unpaired) electrons. The number of hydrogen-bond donors (Lipinski definition) is 0. The highest BCUT2D eigenvalue weighted by molar-refractivity contribution is 6.31. The van der Waals surface area contributed by atoms with Gasteiger partial charge in [-0.1, -0.05) is 17.7 Å². The number of carbonyl (C=O) groups excluding carboxylic acids is 1. The Morgan fingerprint density at radius 1 is 1.30 bits per heavy atom. The summed E-state index contributed by atoms with van der Waals surface area (Å²) < 4.78 is 21.4. The molecule has 0 atom stereocenters. The van der Waals surface area contributed by atoms with Crippen LogP contribution in [-0.2, 0) is 18.3 Å². The molecule has 1 aromatic carbocycles. The summed E-state index contributed by atoms with van der Waals surface area (Å²) in [6.07, 6.45) is 1.21. The summed E-state index contributed by atoms with van der Waals surface area (Å²) in [5.41, 5.74) is 0.949. The van der Waals surface area contributed by atoms with Crippen molar-refractivity contribution in [3.8, 4) is 5.75 Å². The molecule has 1 aromatic heterocycles. The van der Waals surface area contributed by atoms with E-state index in [9.17, 15) is 14.0 Å². The summed E-state index contributed by atoms with van der Waals surface area (Å²) in [5.74, 6) is -0.0570. The van der Waals surface area contributed by atoms with Crippen LogP contribution >= 0.6 is 11.6 Å². The molecule has 2 aromatic rings. The Labute approximate surface area is 162 Å². The quantitative estimate of drug-likeness (QED) is 0.803. The van der Waals surface area contributed by atoms with Gasteiger partial charge in [-0.25, -0.2) is 4.39 Å². The van der Waals surface area contributed by atoms with Crippen molar-refractivity contribution in [1.29, 1.82) is 0 Å².